The maximum atomic E-state index is 8.41. The second-order valence-electron chi connectivity index (χ2n) is 1.79. The van der Waals surface area contributed by atoms with Crippen LogP contribution in [0.2, 0.25) is 0 Å². The number of aromatic amines is 1. The number of aliphatic hydroxyl groups excluding tert-OH is 1. The van der Waals surface area contributed by atoms with Crippen LogP contribution in [0.5, 0.6) is 0 Å². The van der Waals surface area contributed by atoms with Crippen LogP contribution in [-0.2, 0) is 6.42 Å². The maximum absolute atomic E-state index is 8.41. The predicted octanol–water partition coefficient (Wildman–Crippen LogP) is 0.756. The molecule has 0 spiro atoms. The normalized spacial score (nSPS) is 8.64. The summed E-state index contributed by atoms with van der Waals surface area (Å²) in [5, 5.41) is 18.3. The molecule has 64 valence electrons. The highest BCUT2D eigenvalue weighted by atomic mass is 16.2. The average Bonchev–Trinajstić information content (AvgIpc) is 2.57. The van der Waals surface area contributed by atoms with Gasteiger partial charge in [-0.15, -0.1) is 0 Å². The molecule has 0 saturated heterocycles. The Morgan fingerprint density at radius 1 is 1.55 bits per heavy atom. The lowest BCUT2D eigenvalue weighted by Crippen LogP contribution is -1.88. The van der Waals surface area contributed by atoms with E-state index in [9.17, 15) is 0 Å². The van der Waals surface area contributed by atoms with E-state index in [0.717, 1.165) is 18.5 Å². The molecule has 0 aliphatic heterocycles. The Balaban J connectivity index is 0.000000461. The molecule has 0 radical (unpaired) electrons. The third-order valence-electron chi connectivity index (χ3n) is 1.06. The number of hydrogen-bond donors (Lipinski definition) is 2. The van der Waals surface area contributed by atoms with Crippen LogP contribution in [0.25, 0.3) is 0 Å². The molecule has 1 heterocycles. The van der Waals surface area contributed by atoms with Gasteiger partial charge in [-0.25, -0.2) is 0 Å². The maximum Gasteiger partial charge on any atom is 0.0825 e. The van der Waals surface area contributed by atoms with Crippen molar-refractivity contribution in [1.82, 2.24) is 15.4 Å². The number of rotatable bonds is 3. The van der Waals surface area contributed by atoms with E-state index in [2.05, 4.69) is 15.4 Å². The molecule has 0 aromatic carbocycles. The Kier molecular flexibility index (Phi) is 6.62. The van der Waals surface area contributed by atoms with Gasteiger partial charge in [0.2, 0.25) is 0 Å². The minimum absolute atomic E-state index is 0.215. The van der Waals surface area contributed by atoms with Crippen molar-refractivity contribution >= 4 is 0 Å². The van der Waals surface area contributed by atoms with Gasteiger partial charge >= 0.3 is 0 Å². The molecular formula is C7H15N3O. The molecule has 0 atom stereocenters. The summed E-state index contributed by atoms with van der Waals surface area (Å²) in [7, 11) is 0. The van der Waals surface area contributed by atoms with Gasteiger partial charge in [0.05, 0.1) is 11.9 Å². The van der Waals surface area contributed by atoms with E-state index in [1.165, 1.54) is 0 Å². The van der Waals surface area contributed by atoms with Crippen molar-refractivity contribution in [3.05, 3.63) is 11.9 Å². The lowest BCUT2D eigenvalue weighted by molar-refractivity contribution is 0.288. The van der Waals surface area contributed by atoms with E-state index < -0.39 is 0 Å². The molecule has 0 saturated carbocycles. The summed E-state index contributed by atoms with van der Waals surface area (Å²) in [4.78, 5) is 0. The van der Waals surface area contributed by atoms with Crippen LogP contribution >= 0.6 is 0 Å². The first-order chi connectivity index (χ1) is 5.43. The number of nitrogens with zero attached hydrogens (tertiary/aromatic N) is 2. The first kappa shape index (κ1) is 10.1. The van der Waals surface area contributed by atoms with Gasteiger partial charge in [-0.1, -0.05) is 13.8 Å². The second-order valence-corrected chi connectivity index (χ2v) is 1.79. The summed E-state index contributed by atoms with van der Waals surface area (Å²) >= 11 is 0. The van der Waals surface area contributed by atoms with Crippen LogP contribution < -0.4 is 0 Å². The molecule has 1 rings (SSSR count). The number of H-pyrrole nitrogens is 1. The van der Waals surface area contributed by atoms with E-state index >= 15 is 0 Å². The SMILES string of the molecule is CC.OCCCc1cn[nH]n1. The van der Waals surface area contributed by atoms with Crippen molar-refractivity contribution in [2.24, 2.45) is 0 Å². The second kappa shape index (κ2) is 7.21. The largest absolute Gasteiger partial charge is 0.396 e. The van der Waals surface area contributed by atoms with Crippen LogP contribution in [-0.4, -0.2) is 27.1 Å². The van der Waals surface area contributed by atoms with Crippen molar-refractivity contribution in [3.63, 3.8) is 0 Å². The van der Waals surface area contributed by atoms with E-state index in [-0.39, 0.29) is 6.61 Å². The van der Waals surface area contributed by atoms with Crippen LogP contribution in [0, 0.1) is 0 Å². The summed E-state index contributed by atoms with van der Waals surface area (Å²) in [6.07, 6.45) is 3.22. The lowest BCUT2D eigenvalue weighted by Gasteiger charge is -1.87. The highest BCUT2D eigenvalue weighted by molar-refractivity contribution is 4.89. The Hall–Kier alpha value is -0.900. The summed E-state index contributed by atoms with van der Waals surface area (Å²) in [6, 6.07) is 0. The van der Waals surface area contributed by atoms with Gasteiger partial charge in [0.1, 0.15) is 0 Å². The first-order valence-corrected chi connectivity index (χ1v) is 3.89. The van der Waals surface area contributed by atoms with E-state index in [0.29, 0.717) is 0 Å². The zero-order chi connectivity index (χ0) is 8.53. The lowest BCUT2D eigenvalue weighted by atomic mass is 10.3. The van der Waals surface area contributed by atoms with Gasteiger partial charge in [0.15, 0.2) is 0 Å². The summed E-state index contributed by atoms with van der Waals surface area (Å²) in [5.41, 5.74) is 0.907. The third-order valence-corrected chi connectivity index (χ3v) is 1.06. The molecule has 0 bridgehead atoms. The molecule has 1 aromatic heterocycles. The number of aryl methyl sites for hydroxylation is 1. The van der Waals surface area contributed by atoms with Crippen molar-refractivity contribution in [2.45, 2.75) is 26.7 Å². The summed E-state index contributed by atoms with van der Waals surface area (Å²) < 4.78 is 0. The number of hydrogen-bond acceptors (Lipinski definition) is 3. The van der Waals surface area contributed by atoms with Gasteiger partial charge in [-0.2, -0.15) is 15.4 Å². The van der Waals surface area contributed by atoms with Crippen molar-refractivity contribution in [3.8, 4) is 0 Å². The van der Waals surface area contributed by atoms with Gasteiger partial charge in [-0.05, 0) is 12.8 Å². The van der Waals surface area contributed by atoms with Gasteiger partial charge in [0, 0.05) is 6.61 Å². The zero-order valence-electron chi connectivity index (χ0n) is 7.04. The molecule has 0 fully saturated rings. The predicted molar refractivity (Wildman–Crippen MR) is 43.1 cm³/mol. The monoisotopic (exact) mass is 157 g/mol. The first-order valence-electron chi connectivity index (χ1n) is 3.89. The van der Waals surface area contributed by atoms with Crippen LogP contribution in [0.15, 0.2) is 6.20 Å². The summed E-state index contributed by atoms with van der Waals surface area (Å²) in [6.45, 7) is 4.22. The molecule has 0 aliphatic rings. The molecule has 4 heteroatoms. The topological polar surface area (TPSA) is 61.8 Å². The van der Waals surface area contributed by atoms with Crippen LogP contribution in [0.3, 0.4) is 0 Å². The Bertz CT molecular complexity index is 151. The number of aliphatic hydroxyl groups is 1. The van der Waals surface area contributed by atoms with Crippen molar-refractivity contribution < 1.29 is 5.11 Å². The van der Waals surface area contributed by atoms with Gasteiger partial charge in [-0.3, -0.25) is 0 Å². The van der Waals surface area contributed by atoms with Crippen molar-refractivity contribution in [2.75, 3.05) is 6.61 Å². The quantitative estimate of drug-likeness (QED) is 0.680. The Morgan fingerprint density at radius 3 is 2.73 bits per heavy atom. The summed E-state index contributed by atoms with van der Waals surface area (Å²) in [5.74, 6) is 0. The smallest absolute Gasteiger partial charge is 0.0825 e. The van der Waals surface area contributed by atoms with Gasteiger partial charge < -0.3 is 5.11 Å². The molecule has 0 aliphatic carbocycles. The van der Waals surface area contributed by atoms with Crippen LogP contribution in [0.1, 0.15) is 26.0 Å². The highest BCUT2D eigenvalue weighted by Crippen LogP contribution is 1.92. The fourth-order valence-corrected chi connectivity index (χ4v) is 0.606. The van der Waals surface area contributed by atoms with E-state index in [1.54, 1.807) is 6.20 Å². The van der Waals surface area contributed by atoms with E-state index in [4.69, 9.17) is 5.11 Å². The third kappa shape index (κ3) is 4.50. The molecular weight excluding hydrogens is 142 g/mol. The molecule has 0 amide bonds. The van der Waals surface area contributed by atoms with E-state index in [1.807, 2.05) is 13.8 Å². The van der Waals surface area contributed by atoms with Gasteiger partial charge in [0.25, 0.3) is 0 Å². The fourth-order valence-electron chi connectivity index (χ4n) is 0.606. The standard InChI is InChI=1S/C5H9N3O.C2H6/c9-3-1-2-5-4-6-8-7-5;1-2/h4,9H,1-3H2,(H,6,7,8);1-2H3. The minimum Gasteiger partial charge on any atom is -0.396 e. The minimum atomic E-state index is 0.215. The van der Waals surface area contributed by atoms with Crippen LogP contribution in [0.4, 0.5) is 0 Å². The zero-order valence-corrected chi connectivity index (χ0v) is 7.04. The molecule has 1 aromatic rings. The molecule has 11 heavy (non-hydrogen) atoms. The average molecular weight is 157 g/mol. The Morgan fingerprint density at radius 2 is 2.27 bits per heavy atom. The van der Waals surface area contributed by atoms with Crippen molar-refractivity contribution in [1.29, 1.82) is 0 Å². The fraction of sp³-hybridized carbons (Fsp3) is 0.714. The Labute approximate surface area is 66.6 Å². The number of nitrogens with one attached hydrogen (secondary N) is 1. The molecule has 0 unspecified atom stereocenters. The molecule has 4 nitrogen and oxygen atoms in total. The molecule has 2 N–H and O–H groups in total. The number of aromatic nitrogens is 3. The highest BCUT2D eigenvalue weighted by Gasteiger charge is 1.92.